The van der Waals surface area contributed by atoms with Gasteiger partial charge in [-0.3, -0.25) is 9.59 Å². The summed E-state index contributed by atoms with van der Waals surface area (Å²) in [6.07, 6.45) is 0. The monoisotopic (exact) mass is 353 g/mol. The zero-order valence-electron chi connectivity index (χ0n) is 13.0. The summed E-state index contributed by atoms with van der Waals surface area (Å²) in [5, 5.41) is 3.01. The molecule has 0 aliphatic heterocycles. The van der Waals surface area contributed by atoms with Gasteiger partial charge in [-0.1, -0.05) is 41.9 Å². The van der Waals surface area contributed by atoms with Gasteiger partial charge in [0.25, 0.3) is 5.91 Å². The van der Waals surface area contributed by atoms with Gasteiger partial charge in [-0.25, -0.2) is 4.39 Å². The van der Waals surface area contributed by atoms with Crippen LogP contribution in [0.5, 0.6) is 0 Å². The molecule has 0 radical (unpaired) electrons. The van der Waals surface area contributed by atoms with Crippen molar-refractivity contribution in [2.24, 2.45) is 0 Å². The first-order valence-electron chi connectivity index (χ1n) is 7.51. The molecule has 1 N–H and O–H groups in total. The molecule has 0 aromatic heterocycles. The van der Waals surface area contributed by atoms with Crippen molar-refractivity contribution in [1.29, 1.82) is 0 Å². The Hall–Kier alpha value is -2.98. The molecule has 0 aliphatic carbocycles. The number of benzene rings is 3. The number of hydrogen-bond donors (Lipinski definition) is 1. The van der Waals surface area contributed by atoms with Gasteiger partial charge in [-0.15, -0.1) is 0 Å². The minimum Gasteiger partial charge on any atom is -0.319 e. The first kappa shape index (κ1) is 16.9. The van der Waals surface area contributed by atoms with E-state index in [9.17, 15) is 14.0 Å². The Balaban J connectivity index is 1.93. The van der Waals surface area contributed by atoms with E-state index in [1.165, 1.54) is 24.3 Å². The van der Waals surface area contributed by atoms with Gasteiger partial charge in [0.2, 0.25) is 0 Å². The maximum absolute atomic E-state index is 13.7. The van der Waals surface area contributed by atoms with E-state index in [2.05, 4.69) is 5.32 Å². The van der Waals surface area contributed by atoms with Crippen LogP contribution >= 0.6 is 11.6 Å². The summed E-state index contributed by atoms with van der Waals surface area (Å²) >= 11 is 5.84. The summed E-state index contributed by atoms with van der Waals surface area (Å²) in [6.45, 7) is 0. The Labute approximate surface area is 149 Å². The third kappa shape index (κ3) is 3.75. The van der Waals surface area contributed by atoms with Gasteiger partial charge in [-0.2, -0.15) is 0 Å². The predicted molar refractivity (Wildman–Crippen MR) is 95.7 cm³/mol. The Morgan fingerprint density at radius 1 is 0.800 bits per heavy atom. The van der Waals surface area contributed by atoms with E-state index in [0.29, 0.717) is 10.6 Å². The number of carbonyl (C=O) groups excluding carboxylic acids is 2. The minimum atomic E-state index is -0.553. The lowest BCUT2D eigenvalue weighted by molar-refractivity contribution is 0.0996. The van der Waals surface area contributed by atoms with Crippen molar-refractivity contribution < 1.29 is 14.0 Å². The highest BCUT2D eigenvalue weighted by Crippen LogP contribution is 2.19. The topological polar surface area (TPSA) is 46.2 Å². The van der Waals surface area contributed by atoms with Crippen LogP contribution in [0.4, 0.5) is 10.1 Å². The fourth-order valence-electron chi connectivity index (χ4n) is 2.39. The lowest BCUT2D eigenvalue weighted by Crippen LogP contribution is -2.17. The van der Waals surface area contributed by atoms with Crippen LogP contribution in [0.15, 0.2) is 72.8 Å². The maximum Gasteiger partial charge on any atom is 0.256 e. The minimum absolute atomic E-state index is 0.0567. The zero-order chi connectivity index (χ0) is 17.8. The molecule has 0 spiro atoms. The molecule has 3 aromatic carbocycles. The largest absolute Gasteiger partial charge is 0.319 e. The lowest BCUT2D eigenvalue weighted by Gasteiger charge is -2.10. The molecule has 1 amide bonds. The highest BCUT2D eigenvalue weighted by molar-refractivity contribution is 6.30. The van der Waals surface area contributed by atoms with Gasteiger partial charge >= 0.3 is 0 Å². The Bertz CT molecular complexity index is 938. The third-order valence-corrected chi connectivity index (χ3v) is 3.90. The number of amides is 1. The zero-order valence-corrected chi connectivity index (χ0v) is 13.8. The molecule has 0 bridgehead atoms. The number of anilines is 1. The molecule has 3 nitrogen and oxygen atoms in total. The molecule has 124 valence electrons. The van der Waals surface area contributed by atoms with E-state index in [-0.39, 0.29) is 22.6 Å². The van der Waals surface area contributed by atoms with Gasteiger partial charge in [-0.05, 0) is 42.5 Å². The van der Waals surface area contributed by atoms with Crippen LogP contribution in [0.2, 0.25) is 5.02 Å². The summed E-state index contributed by atoms with van der Waals surface area (Å²) in [7, 11) is 0. The second-order valence-corrected chi connectivity index (χ2v) is 5.75. The van der Waals surface area contributed by atoms with Crippen molar-refractivity contribution in [3.63, 3.8) is 0 Å². The van der Waals surface area contributed by atoms with Crippen LogP contribution in [0, 0.1) is 5.82 Å². The number of para-hydroxylation sites is 1. The van der Waals surface area contributed by atoms with E-state index in [4.69, 9.17) is 11.6 Å². The molecular weight excluding hydrogens is 341 g/mol. The average Bonchev–Trinajstić information content (AvgIpc) is 2.63. The van der Waals surface area contributed by atoms with Gasteiger partial charge < -0.3 is 5.32 Å². The van der Waals surface area contributed by atoms with E-state index in [0.717, 1.165) is 0 Å². The molecule has 0 saturated heterocycles. The van der Waals surface area contributed by atoms with Crippen molar-refractivity contribution >= 4 is 29.0 Å². The molecule has 0 saturated carbocycles. The average molecular weight is 354 g/mol. The SMILES string of the molecule is O=C(Nc1ccccc1F)c1ccccc1C(=O)c1ccc(Cl)cc1. The number of ketones is 1. The molecule has 0 unspecified atom stereocenters. The number of nitrogens with one attached hydrogen (secondary N) is 1. The normalized spacial score (nSPS) is 10.3. The molecule has 0 atom stereocenters. The van der Waals surface area contributed by atoms with Crippen LogP contribution in [0.1, 0.15) is 26.3 Å². The second-order valence-electron chi connectivity index (χ2n) is 5.32. The first-order chi connectivity index (χ1) is 12.1. The molecule has 25 heavy (non-hydrogen) atoms. The molecule has 3 aromatic rings. The first-order valence-corrected chi connectivity index (χ1v) is 7.89. The van der Waals surface area contributed by atoms with Gasteiger partial charge in [0, 0.05) is 16.1 Å². The molecule has 5 heteroatoms. The van der Waals surface area contributed by atoms with Crippen molar-refractivity contribution in [1.82, 2.24) is 0 Å². The van der Waals surface area contributed by atoms with E-state index >= 15 is 0 Å². The van der Waals surface area contributed by atoms with E-state index < -0.39 is 11.7 Å². The van der Waals surface area contributed by atoms with Crippen molar-refractivity contribution in [2.75, 3.05) is 5.32 Å². The summed E-state index contributed by atoms with van der Waals surface area (Å²) in [6, 6.07) is 18.7. The highest BCUT2D eigenvalue weighted by atomic mass is 35.5. The number of hydrogen-bond acceptors (Lipinski definition) is 2. The summed E-state index contributed by atoms with van der Waals surface area (Å²) < 4.78 is 13.7. The molecule has 0 aliphatic rings. The van der Waals surface area contributed by atoms with Crippen molar-refractivity contribution in [2.45, 2.75) is 0 Å². The third-order valence-electron chi connectivity index (χ3n) is 3.64. The maximum atomic E-state index is 13.7. The van der Waals surface area contributed by atoms with Crippen LogP contribution in [0.3, 0.4) is 0 Å². The standard InChI is InChI=1S/C20H13ClFNO2/c21-14-11-9-13(10-12-14)19(24)15-5-1-2-6-16(15)20(25)23-18-8-4-3-7-17(18)22/h1-12H,(H,23,25). The van der Waals surface area contributed by atoms with Crippen LogP contribution in [0.25, 0.3) is 0 Å². The fraction of sp³-hybridized carbons (Fsp3) is 0. The van der Waals surface area contributed by atoms with Gasteiger partial charge in [0.05, 0.1) is 11.3 Å². The number of carbonyl (C=O) groups is 2. The number of rotatable bonds is 4. The summed E-state index contributed by atoms with van der Waals surface area (Å²) in [4.78, 5) is 25.2. The second kappa shape index (κ2) is 7.28. The fourth-order valence-corrected chi connectivity index (χ4v) is 2.51. The summed E-state index contributed by atoms with van der Waals surface area (Å²) in [5.74, 6) is -1.41. The Morgan fingerprint density at radius 3 is 2.08 bits per heavy atom. The smallest absolute Gasteiger partial charge is 0.256 e. The van der Waals surface area contributed by atoms with Crippen molar-refractivity contribution in [3.05, 3.63) is 100 Å². The molecular formula is C20H13ClFNO2. The summed E-state index contributed by atoms with van der Waals surface area (Å²) in [5.41, 5.74) is 0.876. The molecule has 0 fully saturated rings. The predicted octanol–water partition coefficient (Wildman–Crippen LogP) is 4.96. The number of halogens is 2. The van der Waals surface area contributed by atoms with Crippen LogP contribution in [-0.4, -0.2) is 11.7 Å². The van der Waals surface area contributed by atoms with E-state index in [1.807, 2.05) is 0 Å². The van der Waals surface area contributed by atoms with Gasteiger partial charge in [0.15, 0.2) is 5.78 Å². The quantitative estimate of drug-likeness (QED) is 0.674. The van der Waals surface area contributed by atoms with Gasteiger partial charge in [0.1, 0.15) is 5.82 Å². The Morgan fingerprint density at radius 2 is 1.40 bits per heavy atom. The van der Waals surface area contributed by atoms with Crippen LogP contribution < -0.4 is 5.32 Å². The molecule has 0 heterocycles. The Kier molecular flexibility index (Phi) is 4.91. The van der Waals surface area contributed by atoms with Crippen LogP contribution in [-0.2, 0) is 0 Å². The van der Waals surface area contributed by atoms with E-state index in [1.54, 1.807) is 48.5 Å². The highest BCUT2D eigenvalue weighted by Gasteiger charge is 2.18. The van der Waals surface area contributed by atoms with Crippen molar-refractivity contribution in [3.8, 4) is 0 Å². The molecule has 3 rings (SSSR count). The lowest BCUT2D eigenvalue weighted by atomic mass is 9.98.